The lowest BCUT2D eigenvalue weighted by atomic mass is 10.0. The largest absolute Gasteiger partial charge is 0.481 e. The van der Waals surface area contributed by atoms with Crippen LogP contribution in [0.25, 0.3) is 11.3 Å². The zero-order valence-corrected chi connectivity index (χ0v) is 11.1. The minimum Gasteiger partial charge on any atom is -0.481 e. The van der Waals surface area contributed by atoms with Crippen molar-refractivity contribution in [3.8, 4) is 11.3 Å². The van der Waals surface area contributed by atoms with E-state index in [1.807, 2.05) is 30.5 Å². The zero-order valence-electron chi connectivity index (χ0n) is 11.1. The predicted octanol–water partition coefficient (Wildman–Crippen LogP) is 2.10. The molecule has 2 heterocycles. The summed E-state index contributed by atoms with van der Waals surface area (Å²) < 4.78 is 7.55. The fourth-order valence-electron chi connectivity index (χ4n) is 2.54. The van der Waals surface area contributed by atoms with E-state index in [0.717, 1.165) is 29.2 Å². The van der Waals surface area contributed by atoms with Gasteiger partial charge in [0.2, 0.25) is 0 Å². The van der Waals surface area contributed by atoms with Crippen molar-refractivity contribution in [1.82, 2.24) is 9.55 Å². The summed E-state index contributed by atoms with van der Waals surface area (Å²) in [5.74, 6) is 0.155. The van der Waals surface area contributed by atoms with E-state index < -0.39 is 5.97 Å². The fourth-order valence-corrected chi connectivity index (χ4v) is 2.54. The van der Waals surface area contributed by atoms with Gasteiger partial charge < -0.3 is 14.4 Å². The first-order chi connectivity index (χ1) is 9.75. The average molecular weight is 272 g/mol. The van der Waals surface area contributed by atoms with Crippen molar-refractivity contribution < 1.29 is 14.6 Å². The van der Waals surface area contributed by atoms with Crippen molar-refractivity contribution in [3.63, 3.8) is 0 Å². The molecule has 0 amide bonds. The van der Waals surface area contributed by atoms with Crippen molar-refractivity contribution in [1.29, 1.82) is 0 Å². The maximum Gasteiger partial charge on any atom is 0.303 e. The Morgan fingerprint density at radius 1 is 1.40 bits per heavy atom. The second-order valence-electron chi connectivity index (χ2n) is 4.81. The number of carbonyl (C=O) groups is 1. The standard InChI is InChI=1S/C15H16N2O3/c18-15(19)6-5-11-3-1-2-4-12(11)13-9-16-14-10-20-8-7-17(13)14/h1-4,9H,5-8,10H2,(H,18,19). The number of rotatable bonds is 4. The second-order valence-corrected chi connectivity index (χ2v) is 4.81. The number of nitrogens with zero attached hydrogens (tertiary/aromatic N) is 2. The summed E-state index contributed by atoms with van der Waals surface area (Å²) in [4.78, 5) is 15.2. The number of ether oxygens (including phenoxy) is 1. The third-order valence-corrected chi connectivity index (χ3v) is 3.53. The number of hydrogen-bond donors (Lipinski definition) is 1. The van der Waals surface area contributed by atoms with Gasteiger partial charge in [0.05, 0.1) is 18.5 Å². The lowest BCUT2D eigenvalue weighted by Crippen LogP contribution is -2.17. The Morgan fingerprint density at radius 3 is 3.10 bits per heavy atom. The van der Waals surface area contributed by atoms with Crippen molar-refractivity contribution >= 4 is 5.97 Å². The van der Waals surface area contributed by atoms with E-state index in [1.165, 1.54) is 0 Å². The van der Waals surface area contributed by atoms with E-state index >= 15 is 0 Å². The van der Waals surface area contributed by atoms with Crippen molar-refractivity contribution in [2.24, 2.45) is 0 Å². The van der Waals surface area contributed by atoms with Crippen LogP contribution in [0.5, 0.6) is 0 Å². The SMILES string of the molecule is O=C(O)CCc1ccccc1-c1cnc2n1CCOC2. The van der Waals surface area contributed by atoms with Gasteiger partial charge in [0, 0.05) is 18.5 Å². The molecule has 1 N–H and O–H groups in total. The van der Waals surface area contributed by atoms with Crippen LogP contribution >= 0.6 is 0 Å². The van der Waals surface area contributed by atoms with Gasteiger partial charge in [0.15, 0.2) is 0 Å². The van der Waals surface area contributed by atoms with Gasteiger partial charge >= 0.3 is 5.97 Å². The quantitative estimate of drug-likeness (QED) is 0.925. The number of carboxylic acids is 1. The van der Waals surface area contributed by atoms with Crippen LogP contribution in [0.15, 0.2) is 30.5 Å². The summed E-state index contributed by atoms with van der Waals surface area (Å²) in [6.45, 7) is 2.02. The number of fused-ring (bicyclic) bond motifs is 1. The Hall–Kier alpha value is -2.14. The molecule has 3 rings (SSSR count). The summed E-state index contributed by atoms with van der Waals surface area (Å²) in [5, 5.41) is 8.85. The minimum atomic E-state index is -0.775. The van der Waals surface area contributed by atoms with Crippen LogP contribution in [-0.2, 0) is 29.1 Å². The molecule has 0 aliphatic carbocycles. The molecule has 1 aliphatic heterocycles. The van der Waals surface area contributed by atoms with E-state index in [4.69, 9.17) is 9.84 Å². The topological polar surface area (TPSA) is 64.3 Å². The number of aromatic nitrogens is 2. The summed E-state index contributed by atoms with van der Waals surface area (Å²) in [6.07, 6.45) is 2.52. The zero-order chi connectivity index (χ0) is 13.9. The molecule has 0 saturated heterocycles. The molecule has 0 atom stereocenters. The first kappa shape index (κ1) is 12.9. The highest BCUT2D eigenvalue weighted by atomic mass is 16.5. The maximum atomic E-state index is 10.8. The van der Waals surface area contributed by atoms with Crippen LogP contribution in [0.4, 0.5) is 0 Å². The van der Waals surface area contributed by atoms with Crippen LogP contribution in [0, 0.1) is 0 Å². The third kappa shape index (κ3) is 2.44. The molecule has 1 aromatic carbocycles. The van der Waals surface area contributed by atoms with Gasteiger partial charge in [0.1, 0.15) is 12.4 Å². The van der Waals surface area contributed by atoms with Crippen LogP contribution in [0.1, 0.15) is 17.8 Å². The fraction of sp³-hybridized carbons (Fsp3) is 0.333. The molecule has 0 bridgehead atoms. The molecule has 5 heteroatoms. The van der Waals surface area contributed by atoms with Crippen LogP contribution in [0.2, 0.25) is 0 Å². The van der Waals surface area contributed by atoms with Crippen LogP contribution < -0.4 is 0 Å². The molecular formula is C15H16N2O3. The minimum absolute atomic E-state index is 0.140. The Balaban J connectivity index is 1.97. The molecule has 1 aromatic heterocycles. The lowest BCUT2D eigenvalue weighted by Gasteiger charge is -2.18. The van der Waals surface area contributed by atoms with Gasteiger partial charge in [-0.05, 0) is 12.0 Å². The van der Waals surface area contributed by atoms with Gasteiger partial charge in [-0.15, -0.1) is 0 Å². The molecule has 0 unspecified atom stereocenters. The maximum absolute atomic E-state index is 10.8. The summed E-state index contributed by atoms with van der Waals surface area (Å²) in [5.41, 5.74) is 3.16. The number of benzene rings is 1. The van der Waals surface area contributed by atoms with Gasteiger partial charge in [-0.2, -0.15) is 0 Å². The predicted molar refractivity (Wildman–Crippen MR) is 73.3 cm³/mol. The monoisotopic (exact) mass is 272 g/mol. The third-order valence-electron chi connectivity index (χ3n) is 3.53. The molecule has 1 aliphatic rings. The smallest absolute Gasteiger partial charge is 0.303 e. The Labute approximate surface area is 116 Å². The number of aryl methyl sites for hydroxylation is 1. The van der Waals surface area contributed by atoms with E-state index in [-0.39, 0.29) is 6.42 Å². The van der Waals surface area contributed by atoms with Crippen molar-refractivity contribution in [2.75, 3.05) is 6.61 Å². The van der Waals surface area contributed by atoms with Crippen molar-refractivity contribution in [2.45, 2.75) is 26.0 Å². The second kappa shape index (κ2) is 5.46. The molecule has 0 fully saturated rings. The van der Waals surface area contributed by atoms with Crippen LogP contribution in [-0.4, -0.2) is 27.2 Å². The van der Waals surface area contributed by atoms with Crippen LogP contribution in [0.3, 0.4) is 0 Å². The Bertz CT molecular complexity index is 634. The van der Waals surface area contributed by atoms with Gasteiger partial charge in [-0.1, -0.05) is 24.3 Å². The lowest BCUT2D eigenvalue weighted by molar-refractivity contribution is -0.136. The van der Waals surface area contributed by atoms with E-state index in [2.05, 4.69) is 9.55 Å². The number of aliphatic carboxylic acids is 1. The first-order valence-corrected chi connectivity index (χ1v) is 6.68. The molecule has 5 nitrogen and oxygen atoms in total. The van der Waals surface area contributed by atoms with Gasteiger partial charge in [0.25, 0.3) is 0 Å². The summed E-state index contributed by atoms with van der Waals surface area (Å²) >= 11 is 0. The Kier molecular flexibility index (Phi) is 3.52. The normalized spacial score (nSPS) is 14.0. The number of imidazole rings is 1. The Morgan fingerprint density at radius 2 is 2.25 bits per heavy atom. The summed E-state index contributed by atoms with van der Waals surface area (Å²) in [6, 6.07) is 7.92. The number of hydrogen-bond acceptors (Lipinski definition) is 3. The molecule has 104 valence electrons. The van der Waals surface area contributed by atoms with E-state index in [0.29, 0.717) is 19.6 Å². The molecule has 0 spiro atoms. The van der Waals surface area contributed by atoms with Gasteiger partial charge in [-0.3, -0.25) is 4.79 Å². The van der Waals surface area contributed by atoms with E-state index in [1.54, 1.807) is 0 Å². The van der Waals surface area contributed by atoms with E-state index in [9.17, 15) is 4.79 Å². The molecule has 0 saturated carbocycles. The summed E-state index contributed by atoms with van der Waals surface area (Å²) in [7, 11) is 0. The highest BCUT2D eigenvalue weighted by Crippen LogP contribution is 2.27. The number of carboxylic acid groups (broad SMARTS) is 1. The first-order valence-electron chi connectivity index (χ1n) is 6.68. The van der Waals surface area contributed by atoms with Crippen molar-refractivity contribution in [3.05, 3.63) is 41.9 Å². The molecule has 2 aromatic rings. The average Bonchev–Trinajstić information content (AvgIpc) is 2.89. The highest BCUT2D eigenvalue weighted by molar-refractivity contribution is 5.69. The highest BCUT2D eigenvalue weighted by Gasteiger charge is 2.17. The molecule has 20 heavy (non-hydrogen) atoms. The molecular weight excluding hydrogens is 256 g/mol. The van der Waals surface area contributed by atoms with Gasteiger partial charge in [-0.25, -0.2) is 4.98 Å². The molecule has 0 radical (unpaired) electrons.